The monoisotopic (exact) mass is 326 g/mol. The van der Waals surface area contributed by atoms with E-state index in [2.05, 4.69) is 26.0 Å². The molecule has 1 rings (SSSR count). The molecule has 1 amide bonds. The van der Waals surface area contributed by atoms with Crippen LogP contribution in [0.25, 0.3) is 0 Å². The number of carbonyl (C=O) groups is 1. The highest BCUT2D eigenvalue weighted by Crippen LogP contribution is 2.22. The van der Waals surface area contributed by atoms with Crippen LogP contribution in [0.2, 0.25) is 0 Å². The number of nitrogens with one attached hydrogen (secondary N) is 2. The molecule has 0 saturated carbocycles. The second-order valence-corrected chi connectivity index (χ2v) is 6.69. The van der Waals surface area contributed by atoms with E-state index in [-0.39, 0.29) is 18.2 Å². The van der Waals surface area contributed by atoms with Crippen LogP contribution in [0.1, 0.15) is 9.67 Å². The Balaban J connectivity index is 2.46. The lowest BCUT2D eigenvalue weighted by Crippen LogP contribution is -2.32. The lowest BCUT2D eigenvalue weighted by atomic mass is 10.4. The van der Waals surface area contributed by atoms with Gasteiger partial charge in [0.2, 0.25) is 10.0 Å². The summed E-state index contributed by atoms with van der Waals surface area (Å²) >= 11 is 4.53. The molecule has 0 aliphatic carbocycles. The minimum Gasteiger partial charge on any atom is -0.350 e. The smallest absolute Gasteiger partial charge is 0.262 e. The predicted molar refractivity (Wildman–Crippen MR) is 67.2 cm³/mol. The van der Waals surface area contributed by atoms with Crippen LogP contribution in [0.4, 0.5) is 0 Å². The molecule has 2 N–H and O–H groups in total. The van der Waals surface area contributed by atoms with E-state index in [9.17, 15) is 13.2 Å². The first-order valence-corrected chi connectivity index (χ1v) is 7.71. The van der Waals surface area contributed by atoms with Crippen molar-refractivity contribution in [1.29, 1.82) is 0 Å². The largest absolute Gasteiger partial charge is 0.350 e. The van der Waals surface area contributed by atoms with E-state index in [1.807, 2.05) is 0 Å². The fourth-order valence-corrected chi connectivity index (χ4v) is 2.98. The van der Waals surface area contributed by atoms with Gasteiger partial charge in [-0.05, 0) is 34.4 Å². The summed E-state index contributed by atoms with van der Waals surface area (Å²) < 4.78 is 25.0. The van der Waals surface area contributed by atoms with Gasteiger partial charge in [0.1, 0.15) is 4.88 Å². The van der Waals surface area contributed by atoms with E-state index in [1.54, 1.807) is 11.4 Å². The van der Waals surface area contributed by atoms with Gasteiger partial charge in [-0.15, -0.1) is 11.3 Å². The van der Waals surface area contributed by atoms with Crippen LogP contribution in [0.15, 0.2) is 15.9 Å². The Morgan fingerprint density at radius 2 is 2.25 bits per heavy atom. The summed E-state index contributed by atoms with van der Waals surface area (Å²) in [5.74, 6) is -0.397. The van der Waals surface area contributed by atoms with Crippen molar-refractivity contribution in [2.45, 2.75) is 0 Å². The number of hydrogen-bond donors (Lipinski definition) is 2. The molecule has 8 heteroatoms. The molecule has 5 nitrogen and oxygen atoms in total. The van der Waals surface area contributed by atoms with Crippen LogP contribution >= 0.6 is 27.3 Å². The number of amides is 1. The maximum atomic E-state index is 11.6. The van der Waals surface area contributed by atoms with Gasteiger partial charge in [0.05, 0.1) is 5.75 Å². The average Bonchev–Trinajstić information content (AvgIpc) is 2.64. The molecule has 0 saturated heterocycles. The average molecular weight is 327 g/mol. The van der Waals surface area contributed by atoms with Crippen LogP contribution < -0.4 is 10.0 Å². The maximum Gasteiger partial charge on any atom is 0.262 e. The lowest BCUT2D eigenvalue weighted by Gasteiger charge is -2.04. The Kier molecular flexibility index (Phi) is 4.90. The van der Waals surface area contributed by atoms with E-state index in [0.29, 0.717) is 9.35 Å². The fourth-order valence-electron chi connectivity index (χ4n) is 0.937. The van der Waals surface area contributed by atoms with Crippen molar-refractivity contribution in [3.63, 3.8) is 0 Å². The molecule has 1 aromatic heterocycles. The molecule has 0 atom stereocenters. The maximum absolute atomic E-state index is 11.6. The predicted octanol–water partition coefficient (Wildman–Crippen LogP) is 0.790. The summed E-state index contributed by atoms with van der Waals surface area (Å²) in [5.41, 5.74) is 0. The van der Waals surface area contributed by atoms with Gasteiger partial charge >= 0.3 is 0 Å². The molecule has 1 heterocycles. The third kappa shape index (κ3) is 3.85. The summed E-state index contributed by atoms with van der Waals surface area (Å²) in [5, 5.41) is 4.32. The van der Waals surface area contributed by atoms with Crippen molar-refractivity contribution in [3.8, 4) is 0 Å². The summed E-state index contributed by atoms with van der Waals surface area (Å²) in [6.07, 6.45) is 0. The Morgan fingerprint density at radius 1 is 1.56 bits per heavy atom. The molecule has 90 valence electrons. The zero-order valence-electron chi connectivity index (χ0n) is 8.49. The number of rotatable bonds is 5. The van der Waals surface area contributed by atoms with E-state index in [1.165, 1.54) is 18.4 Å². The van der Waals surface area contributed by atoms with Gasteiger partial charge in [-0.3, -0.25) is 4.79 Å². The van der Waals surface area contributed by atoms with Gasteiger partial charge in [-0.25, -0.2) is 13.1 Å². The van der Waals surface area contributed by atoms with Crippen LogP contribution in [0, 0.1) is 0 Å². The molecule has 0 radical (unpaired) electrons. The third-order valence-corrected chi connectivity index (χ3v) is 4.99. The number of sulfonamides is 1. The first kappa shape index (κ1) is 13.6. The molecule has 0 spiro atoms. The molecule has 0 bridgehead atoms. The van der Waals surface area contributed by atoms with Crippen LogP contribution in [0.5, 0.6) is 0 Å². The standard InChI is InChI=1S/C8H11BrN2O3S2/c1-10-16(13,14)5-3-11-8(12)7-6(9)2-4-15-7/h2,4,10H,3,5H2,1H3,(H,11,12). The Bertz CT molecular complexity index is 469. The van der Waals surface area contributed by atoms with Crippen molar-refractivity contribution in [2.75, 3.05) is 19.3 Å². The summed E-state index contributed by atoms with van der Waals surface area (Å²) in [6, 6.07) is 1.77. The Hall–Kier alpha value is -0.440. The summed E-state index contributed by atoms with van der Waals surface area (Å²) in [4.78, 5) is 12.1. The molecule has 16 heavy (non-hydrogen) atoms. The van der Waals surface area contributed by atoms with Crippen molar-refractivity contribution in [3.05, 3.63) is 20.8 Å². The summed E-state index contributed by atoms with van der Waals surface area (Å²) in [6.45, 7) is 0.0896. The molecule has 0 unspecified atom stereocenters. The number of hydrogen-bond acceptors (Lipinski definition) is 4. The van der Waals surface area contributed by atoms with Gasteiger partial charge in [0, 0.05) is 11.0 Å². The van der Waals surface area contributed by atoms with E-state index in [0.717, 1.165) is 0 Å². The molecule has 0 fully saturated rings. The molecular weight excluding hydrogens is 316 g/mol. The fraction of sp³-hybridized carbons (Fsp3) is 0.375. The quantitative estimate of drug-likeness (QED) is 0.840. The number of halogens is 1. The van der Waals surface area contributed by atoms with Crippen molar-refractivity contribution in [2.24, 2.45) is 0 Å². The first-order valence-electron chi connectivity index (χ1n) is 4.38. The number of thiophene rings is 1. The second-order valence-electron chi connectivity index (χ2n) is 2.88. The van der Waals surface area contributed by atoms with Crippen LogP contribution in [-0.4, -0.2) is 33.7 Å². The van der Waals surface area contributed by atoms with E-state index >= 15 is 0 Å². The number of carbonyl (C=O) groups excluding carboxylic acids is 1. The highest BCUT2D eigenvalue weighted by atomic mass is 79.9. The molecule has 0 aliphatic rings. The SMILES string of the molecule is CNS(=O)(=O)CCNC(=O)c1sccc1Br. The van der Waals surface area contributed by atoms with Crippen molar-refractivity contribution < 1.29 is 13.2 Å². The van der Waals surface area contributed by atoms with Gasteiger partial charge in [0.25, 0.3) is 5.91 Å². The Labute approximate surface area is 106 Å². The highest BCUT2D eigenvalue weighted by molar-refractivity contribution is 9.10. The summed E-state index contributed by atoms with van der Waals surface area (Å²) in [7, 11) is -1.93. The van der Waals surface area contributed by atoms with Gasteiger partial charge in [-0.1, -0.05) is 0 Å². The van der Waals surface area contributed by atoms with Crippen LogP contribution in [-0.2, 0) is 10.0 Å². The molecule has 0 aliphatic heterocycles. The van der Waals surface area contributed by atoms with Crippen molar-refractivity contribution in [1.82, 2.24) is 10.0 Å². The minimum atomic E-state index is -3.27. The highest BCUT2D eigenvalue weighted by Gasteiger charge is 2.12. The second kappa shape index (κ2) is 5.76. The minimum absolute atomic E-state index is 0.0896. The normalized spacial score (nSPS) is 11.4. The molecule has 0 aromatic carbocycles. The molecule has 1 aromatic rings. The first-order chi connectivity index (χ1) is 7.46. The van der Waals surface area contributed by atoms with E-state index in [4.69, 9.17) is 0 Å². The topological polar surface area (TPSA) is 75.3 Å². The van der Waals surface area contributed by atoms with Gasteiger partial charge in [0.15, 0.2) is 0 Å². The lowest BCUT2D eigenvalue weighted by molar-refractivity contribution is 0.0959. The van der Waals surface area contributed by atoms with E-state index < -0.39 is 10.0 Å². The van der Waals surface area contributed by atoms with Crippen molar-refractivity contribution >= 4 is 43.2 Å². The zero-order chi connectivity index (χ0) is 12.2. The molecular formula is C8H11BrN2O3S2. The third-order valence-electron chi connectivity index (χ3n) is 1.79. The zero-order valence-corrected chi connectivity index (χ0v) is 11.7. The van der Waals surface area contributed by atoms with Crippen LogP contribution in [0.3, 0.4) is 0 Å². The van der Waals surface area contributed by atoms with Gasteiger partial charge < -0.3 is 5.32 Å². The van der Waals surface area contributed by atoms with Gasteiger partial charge in [-0.2, -0.15) is 0 Å². The Morgan fingerprint density at radius 3 is 2.75 bits per heavy atom.